The maximum Gasteiger partial charge on any atom is 0.407 e. The summed E-state index contributed by atoms with van der Waals surface area (Å²) < 4.78 is 10.7. The molecule has 33 heavy (non-hydrogen) atoms. The molecule has 3 aromatic rings. The summed E-state index contributed by atoms with van der Waals surface area (Å²) in [6.45, 7) is 1.39. The number of benzene rings is 3. The van der Waals surface area contributed by atoms with E-state index in [9.17, 15) is 9.59 Å². The van der Waals surface area contributed by atoms with Gasteiger partial charge in [0.25, 0.3) is 0 Å². The minimum atomic E-state index is -0.472. The lowest BCUT2D eigenvalue weighted by atomic mass is 9.98. The van der Waals surface area contributed by atoms with Gasteiger partial charge in [0.15, 0.2) is 0 Å². The van der Waals surface area contributed by atoms with Crippen molar-refractivity contribution in [1.82, 2.24) is 10.6 Å². The zero-order chi connectivity index (χ0) is 22.2. The van der Waals surface area contributed by atoms with Crippen LogP contribution < -0.4 is 10.6 Å². The van der Waals surface area contributed by atoms with E-state index in [-0.39, 0.29) is 44.1 Å². The van der Waals surface area contributed by atoms with Gasteiger partial charge in [-0.25, -0.2) is 4.79 Å². The molecule has 0 aromatic heterocycles. The standard InChI is InChI=1S/C26H26N2O4.ClH/c29-25(31-17-19-8-2-1-3-9-19)16-27-14-15-28-26(30)32-18-24-22-12-6-4-10-20(22)21-11-5-7-13-23(21)24;/h1-13,24,27H,14-18H2,(H,28,30);1H. The first-order chi connectivity index (χ1) is 15.7. The van der Waals surface area contributed by atoms with E-state index in [1.54, 1.807) is 0 Å². The molecule has 0 saturated heterocycles. The van der Waals surface area contributed by atoms with Gasteiger partial charge >= 0.3 is 12.1 Å². The van der Waals surface area contributed by atoms with Gasteiger partial charge in [0, 0.05) is 19.0 Å². The molecule has 1 aliphatic rings. The number of esters is 1. The Balaban J connectivity index is 0.00000306. The summed E-state index contributed by atoms with van der Waals surface area (Å²) >= 11 is 0. The van der Waals surface area contributed by atoms with E-state index in [0.717, 1.165) is 5.56 Å². The predicted octanol–water partition coefficient (Wildman–Crippen LogP) is 4.28. The van der Waals surface area contributed by atoms with Crippen LogP contribution in [0.1, 0.15) is 22.6 Å². The van der Waals surface area contributed by atoms with Crippen molar-refractivity contribution < 1.29 is 19.1 Å². The molecule has 4 rings (SSSR count). The van der Waals surface area contributed by atoms with Crippen LogP contribution in [0.15, 0.2) is 78.9 Å². The van der Waals surface area contributed by atoms with Crippen LogP contribution in [0.3, 0.4) is 0 Å². The van der Waals surface area contributed by atoms with Crippen LogP contribution in [-0.4, -0.2) is 38.3 Å². The summed E-state index contributed by atoms with van der Waals surface area (Å²) in [4.78, 5) is 23.9. The molecule has 172 valence electrons. The van der Waals surface area contributed by atoms with Crippen LogP contribution in [0.5, 0.6) is 0 Å². The first kappa shape index (κ1) is 24.3. The molecule has 0 radical (unpaired) electrons. The van der Waals surface area contributed by atoms with Crippen molar-refractivity contribution in [2.75, 3.05) is 26.2 Å². The van der Waals surface area contributed by atoms with Gasteiger partial charge in [-0.05, 0) is 27.8 Å². The van der Waals surface area contributed by atoms with Crippen molar-refractivity contribution in [3.05, 3.63) is 95.6 Å². The highest BCUT2D eigenvalue weighted by Crippen LogP contribution is 2.44. The Kier molecular flexibility index (Phi) is 8.87. The molecule has 0 heterocycles. The highest BCUT2D eigenvalue weighted by atomic mass is 35.5. The molecule has 2 N–H and O–H groups in total. The van der Waals surface area contributed by atoms with E-state index in [1.165, 1.54) is 22.3 Å². The Morgan fingerprint density at radius 2 is 1.36 bits per heavy atom. The average Bonchev–Trinajstić information content (AvgIpc) is 3.15. The number of nitrogens with one attached hydrogen (secondary N) is 2. The maximum absolute atomic E-state index is 12.1. The smallest absolute Gasteiger partial charge is 0.407 e. The molecule has 0 bridgehead atoms. The lowest BCUT2D eigenvalue weighted by Gasteiger charge is -2.14. The van der Waals surface area contributed by atoms with Crippen molar-refractivity contribution in [2.45, 2.75) is 12.5 Å². The molecule has 0 saturated carbocycles. The fourth-order valence-corrected chi connectivity index (χ4v) is 3.88. The highest BCUT2D eigenvalue weighted by Gasteiger charge is 2.28. The Morgan fingerprint density at radius 3 is 2.03 bits per heavy atom. The minimum absolute atomic E-state index is 0. The summed E-state index contributed by atoms with van der Waals surface area (Å²) in [6.07, 6.45) is -0.472. The molecule has 0 atom stereocenters. The van der Waals surface area contributed by atoms with Crippen molar-refractivity contribution in [1.29, 1.82) is 0 Å². The summed E-state index contributed by atoms with van der Waals surface area (Å²) in [5, 5.41) is 5.67. The second kappa shape index (κ2) is 12.0. The van der Waals surface area contributed by atoms with Gasteiger partial charge in [-0.15, -0.1) is 12.4 Å². The molecule has 0 spiro atoms. The van der Waals surface area contributed by atoms with Crippen LogP contribution in [-0.2, 0) is 20.9 Å². The SMILES string of the molecule is Cl.O=C(CNCCNC(=O)OCC1c2ccccc2-c2ccccc21)OCc1ccccc1. The number of amides is 1. The zero-order valence-electron chi connectivity index (χ0n) is 18.2. The van der Waals surface area contributed by atoms with Crippen LogP contribution in [0, 0.1) is 0 Å². The quantitative estimate of drug-likeness (QED) is 0.363. The average molecular weight is 467 g/mol. The number of halogens is 1. The number of hydrogen-bond donors (Lipinski definition) is 2. The Morgan fingerprint density at radius 1 is 0.758 bits per heavy atom. The van der Waals surface area contributed by atoms with Crippen molar-refractivity contribution in [3.63, 3.8) is 0 Å². The number of carbonyl (C=O) groups excluding carboxylic acids is 2. The van der Waals surface area contributed by atoms with Crippen LogP contribution in [0.2, 0.25) is 0 Å². The molecule has 6 nitrogen and oxygen atoms in total. The van der Waals surface area contributed by atoms with Crippen molar-refractivity contribution in [3.8, 4) is 11.1 Å². The van der Waals surface area contributed by atoms with E-state index in [0.29, 0.717) is 13.1 Å². The number of ether oxygens (including phenoxy) is 2. The van der Waals surface area contributed by atoms with Gasteiger partial charge in [0.05, 0.1) is 6.54 Å². The van der Waals surface area contributed by atoms with Crippen molar-refractivity contribution in [2.24, 2.45) is 0 Å². The van der Waals surface area contributed by atoms with E-state index < -0.39 is 6.09 Å². The van der Waals surface area contributed by atoms with Crippen LogP contribution in [0.4, 0.5) is 4.79 Å². The third-order valence-corrected chi connectivity index (χ3v) is 5.43. The summed E-state index contributed by atoms with van der Waals surface area (Å²) in [5.41, 5.74) is 5.69. The van der Waals surface area contributed by atoms with E-state index in [4.69, 9.17) is 9.47 Å². The van der Waals surface area contributed by atoms with Crippen LogP contribution >= 0.6 is 12.4 Å². The molecular weight excluding hydrogens is 440 g/mol. The molecule has 0 unspecified atom stereocenters. The molecule has 1 amide bonds. The largest absolute Gasteiger partial charge is 0.460 e. The molecule has 0 fully saturated rings. The predicted molar refractivity (Wildman–Crippen MR) is 129 cm³/mol. The molecule has 7 heteroatoms. The molecular formula is C26H27ClN2O4. The third-order valence-electron chi connectivity index (χ3n) is 5.43. The van der Waals surface area contributed by atoms with Crippen LogP contribution in [0.25, 0.3) is 11.1 Å². The van der Waals surface area contributed by atoms with E-state index in [2.05, 4.69) is 34.9 Å². The third kappa shape index (κ3) is 6.34. The lowest BCUT2D eigenvalue weighted by Crippen LogP contribution is -2.35. The lowest BCUT2D eigenvalue weighted by molar-refractivity contribution is -0.143. The summed E-state index contributed by atoms with van der Waals surface area (Å²) in [5.74, 6) is -0.305. The Hall–Kier alpha value is -3.35. The zero-order valence-corrected chi connectivity index (χ0v) is 19.0. The number of hydrogen-bond acceptors (Lipinski definition) is 5. The normalized spacial score (nSPS) is 11.6. The molecule has 3 aromatic carbocycles. The number of fused-ring (bicyclic) bond motifs is 3. The van der Waals surface area contributed by atoms with E-state index in [1.807, 2.05) is 54.6 Å². The highest BCUT2D eigenvalue weighted by molar-refractivity contribution is 5.85. The minimum Gasteiger partial charge on any atom is -0.460 e. The second-order valence-corrected chi connectivity index (χ2v) is 7.58. The number of rotatable bonds is 9. The van der Waals surface area contributed by atoms with Gasteiger partial charge in [-0.1, -0.05) is 78.9 Å². The summed E-state index contributed by atoms with van der Waals surface area (Å²) in [7, 11) is 0. The maximum atomic E-state index is 12.1. The summed E-state index contributed by atoms with van der Waals surface area (Å²) in [6, 6.07) is 26.0. The molecule has 1 aliphatic carbocycles. The van der Waals surface area contributed by atoms with Gasteiger partial charge in [0.2, 0.25) is 0 Å². The van der Waals surface area contributed by atoms with E-state index >= 15 is 0 Å². The molecule has 0 aliphatic heterocycles. The van der Waals surface area contributed by atoms with Gasteiger partial charge in [0.1, 0.15) is 13.2 Å². The topological polar surface area (TPSA) is 76.7 Å². The Labute approximate surface area is 199 Å². The van der Waals surface area contributed by atoms with Gasteiger partial charge in [-0.3, -0.25) is 4.79 Å². The van der Waals surface area contributed by atoms with Crippen molar-refractivity contribution >= 4 is 24.5 Å². The number of alkyl carbamates (subject to hydrolysis) is 1. The fraction of sp³-hybridized carbons (Fsp3) is 0.231. The van der Waals surface area contributed by atoms with Gasteiger partial charge in [-0.2, -0.15) is 0 Å². The number of carbonyl (C=O) groups is 2. The second-order valence-electron chi connectivity index (χ2n) is 7.58. The fourth-order valence-electron chi connectivity index (χ4n) is 3.88. The Bertz CT molecular complexity index is 1030. The first-order valence-corrected chi connectivity index (χ1v) is 10.7. The van der Waals surface area contributed by atoms with Gasteiger partial charge < -0.3 is 20.1 Å². The first-order valence-electron chi connectivity index (χ1n) is 10.7. The monoisotopic (exact) mass is 466 g/mol.